The Bertz CT molecular complexity index is 1160. The summed E-state index contributed by atoms with van der Waals surface area (Å²) >= 11 is 3.71. The van der Waals surface area contributed by atoms with Gasteiger partial charge in [-0.2, -0.15) is 0 Å². The van der Waals surface area contributed by atoms with Crippen molar-refractivity contribution in [2.24, 2.45) is 12.2 Å². The molecule has 1 saturated heterocycles. The Kier molecular flexibility index (Phi) is 6.07. The number of nitrogen functional groups attached to an aromatic ring is 1. The van der Waals surface area contributed by atoms with E-state index in [1.165, 1.54) is 40.1 Å². The van der Waals surface area contributed by atoms with Crippen LogP contribution in [0.3, 0.4) is 0 Å². The molecule has 4 rings (SSSR count). The van der Waals surface area contributed by atoms with E-state index in [9.17, 15) is 24.7 Å². The minimum absolute atomic E-state index is 0.0710. The average molecular weight is 497 g/mol. The Labute approximate surface area is 192 Å². The second kappa shape index (κ2) is 8.79. The molecule has 2 aromatic rings. The number of β-lactam (4-membered cyclic amide) rings is 1. The van der Waals surface area contributed by atoms with Gasteiger partial charge in [-0.25, -0.2) is 9.78 Å². The number of rotatable bonds is 7. The Morgan fingerprint density at radius 3 is 2.84 bits per heavy atom. The number of oxime groups is 1. The van der Waals surface area contributed by atoms with Gasteiger partial charge >= 0.3 is 5.97 Å². The van der Waals surface area contributed by atoms with E-state index in [-0.39, 0.29) is 22.2 Å². The maximum atomic E-state index is 12.8. The van der Waals surface area contributed by atoms with Crippen LogP contribution in [0.5, 0.6) is 0 Å². The molecule has 2 atom stereocenters. The molecule has 2 aromatic heterocycles. The summed E-state index contributed by atoms with van der Waals surface area (Å²) in [6.07, 6.45) is 1.54. The fraction of sp³-hybridized carbons (Fsp3) is 0.312. The van der Waals surface area contributed by atoms with Gasteiger partial charge in [0, 0.05) is 23.9 Å². The molecule has 168 valence electrons. The second-order valence-electron chi connectivity index (χ2n) is 6.65. The summed E-state index contributed by atoms with van der Waals surface area (Å²) in [6, 6.07) is -0.970. The Balaban J connectivity index is 1.48. The first-order valence-corrected chi connectivity index (χ1v) is 11.8. The van der Waals surface area contributed by atoms with Gasteiger partial charge in [0.2, 0.25) is 0 Å². The normalized spacial score (nSPS) is 20.7. The SMILES string of the molecule is Cn1cnnc1SCC1=C(C(=O)O)N2C(=O)C(NC(=O)/C(=N\O)c3csc(N)n3)[C@H]2SC1. The third-order valence-electron chi connectivity index (χ3n) is 4.66. The first-order chi connectivity index (χ1) is 15.3. The second-order valence-corrected chi connectivity index (χ2v) is 9.59. The summed E-state index contributed by atoms with van der Waals surface area (Å²) in [7, 11) is 1.77. The van der Waals surface area contributed by atoms with Crippen molar-refractivity contribution in [3.05, 3.63) is 28.7 Å². The topological polar surface area (TPSA) is 189 Å². The summed E-state index contributed by atoms with van der Waals surface area (Å²) in [6.45, 7) is 0. The highest BCUT2D eigenvalue weighted by molar-refractivity contribution is 8.01. The minimum atomic E-state index is -1.22. The number of thiazole rings is 1. The molecule has 13 nitrogen and oxygen atoms in total. The lowest BCUT2D eigenvalue weighted by Crippen LogP contribution is -2.71. The van der Waals surface area contributed by atoms with Crippen LogP contribution in [-0.4, -0.2) is 81.4 Å². The lowest BCUT2D eigenvalue weighted by Gasteiger charge is -2.49. The molecule has 1 unspecified atom stereocenters. The zero-order chi connectivity index (χ0) is 23.0. The van der Waals surface area contributed by atoms with E-state index in [0.717, 1.165) is 11.3 Å². The number of hydrogen-bond donors (Lipinski definition) is 4. The van der Waals surface area contributed by atoms with Crippen LogP contribution in [0.15, 0.2) is 33.3 Å². The van der Waals surface area contributed by atoms with Gasteiger partial charge in [-0.05, 0) is 5.57 Å². The van der Waals surface area contributed by atoms with Gasteiger partial charge in [-0.15, -0.1) is 33.3 Å². The molecule has 32 heavy (non-hydrogen) atoms. The summed E-state index contributed by atoms with van der Waals surface area (Å²) in [4.78, 5) is 42.3. The molecule has 0 saturated carbocycles. The quantitative estimate of drug-likeness (QED) is 0.128. The molecular weight excluding hydrogens is 480 g/mol. The number of carbonyl (C=O) groups is 3. The van der Waals surface area contributed by atoms with Gasteiger partial charge in [0.1, 0.15) is 29.1 Å². The summed E-state index contributed by atoms with van der Waals surface area (Å²) in [5.74, 6) is -1.93. The molecule has 16 heteroatoms. The van der Waals surface area contributed by atoms with Crippen molar-refractivity contribution in [2.45, 2.75) is 16.6 Å². The molecule has 0 aliphatic carbocycles. The van der Waals surface area contributed by atoms with Crippen molar-refractivity contribution in [1.29, 1.82) is 0 Å². The Hall–Kier alpha value is -3.11. The monoisotopic (exact) mass is 496 g/mol. The van der Waals surface area contributed by atoms with Gasteiger partial charge in [-0.1, -0.05) is 16.9 Å². The molecule has 0 aromatic carbocycles. The van der Waals surface area contributed by atoms with Gasteiger partial charge in [0.05, 0.1) is 0 Å². The van der Waals surface area contributed by atoms with Crippen LogP contribution in [0.2, 0.25) is 0 Å². The molecule has 2 amide bonds. The number of fused-ring (bicyclic) bond motifs is 1. The van der Waals surface area contributed by atoms with Crippen molar-refractivity contribution in [3.63, 3.8) is 0 Å². The highest BCUT2D eigenvalue weighted by atomic mass is 32.2. The van der Waals surface area contributed by atoms with E-state index in [4.69, 9.17) is 5.73 Å². The number of aromatic nitrogens is 4. The molecule has 0 spiro atoms. The first kappa shape index (κ1) is 22.1. The third kappa shape index (κ3) is 3.91. The molecule has 4 heterocycles. The number of aliphatic carboxylic acids is 1. The predicted molar refractivity (Wildman–Crippen MR) is 116 cm³/mol. The molecule has 2 aliphatic rings. The average Bonchev–Trinajstić information content (AvgIpc) is 3.37. The van der Waals surface area contributed by atoms with E-state index in [1.807, 2.05) is 0 Å². The molecular formula is C16H16N8O5S3. The number of thioether (sulfide) groups is 2. The zero-order valence-corrected chi connectivity index (χ0v) is 18.8. The number of carboxylic acid groups (broad SMARTS) is 1. The van der Waals surface area contributed by atoms with E-state index < -0.39 is 29.2 Å². The fourth-order valence-corrected chi connectivity index (χ4v) is 6.09. The number of aryl methyl sites for hydroxylation is 1. The van der Waals surface area contributed by atoms with Crippen molar-refractivity contribution < 1.29 is 24.7 Å². The highest BCUT2D eigenvalue weighted by Crippen LogP contribution is 2.41. The van der Waals surface area contributed by atoms with Crippen LogP contribution < -0.4 is 11.1 Å². The lowest BCUT2D eigenvalue weighted by atomic mass is 10.0. The van der Waals surface area contributed by atoms with E-state index in [2.05, 4.69) is 25.7 Å². The number of carbonyl (C=O) groups excluding carboxylic acids is 2. The summed E-state index contributed by atoms with van der Waals surface area (Å²) in [5.41, 5.74) is 5.70. The van der Waals surface area contributed by atoms with Crippen LogP contribution in [0.25, 0.3) is 0 Å². The minimum Gasteiger partial charge on any atom is -0.477 e. The van der Waals surface area contributed by atoms with E-state index in [1.54, 1.807) is 11.6 Å². The van der Waals surface area contributed by atoms with E-state index >= 15 is 0 Å². The van der Waals surface area contributed by atoms with E-state index in [0.29, 0.717) is 22.2 Å². The van der Waals surface area contributed by atoms with Crippen LogP contribution >= 0.6 is 34.9 Å². The maximum absolute atomic E-state index is 12.8. The summed E-state index contributed by atoms with van der Waals surface area (Å²) in [5, 5.41) is 33.8. The van der Waals surface area contributed by atoms with Gasteiger partial charge < -0.3 is 25.9 Å². The molecule has 1 fully saturated rings. The molecule has 2 aliphatic heterocycles. The predicted octanol–water partition coefficient (Wildman–Crippen LogP) is -0.437. The number of nitrogens with one attached hydrogen (secondary N) is 1. The largest absolute Gasteiger partial charge is 0.477 e. The van der Waals surface area contributed by atoms with Crippen molar-refractivity contribution in [1.82, 2.24) is 30.0 Å². The van der Waals surface area contributed by atoms with Gasteiger partial charge in [0.25, 0.3) is 11.8 Å². The fourth-order valence-electron chi connectivity index (χ4n) is 3.17. The van der Waals surface area contributed by atoms with Crippen LogP contribution in [0.1, 0.15) is 5.69 Å². The number of nitrogens with two attached hydrogens (primary N) is 1. The molecule has 0 radical (unpaired) electrons. The summed E-state index contributed by atoms with van der Waals surface area (Å²) < 4.78 is 1.71. The number of amides is 2. The van der Waals surface area contributed by atoms with Crippen molar-refractivity contribution >= 4 is 63.5 Å². The zero-order valence-electron chi connectivity index (χ0n) is 16.3. The Morgan fingerprint density at radius 2 is 2.25 bits per heavy atom. The standard InChI is InChI=1S/C16H16N8O5S3/c1-23-5-18-21-16(23)32-3-6-2-30-13-9(12(26)24(13)10(6)14(27)28)20-11(25)8(22-29)7-4-31-15(17)19-7/h4-5,9,13,29H,2-3H2,1H3,(H2,17,19)(H,20,25)(H,27,28)/b22-8-/t9?,13-/m1/s1. The molecule has 0 bridgehead atoms. The third-order valence-corrected chi connectivity index (χ3v) is 7.80. The van der Waals surface area contributed by atoms with Gasteiger partial charge in [0.15, 0.2) is 16.0 Å². The number of hydrogen-bond acceptors (Lipinski definition) is 12. The van der Waals surface area contributed by atoms with Crippen LogP contribution in [0.4, 0.5) is 5.13 Å². The van der Waals surface area contributed by atoms with Crippen LogP contribution in [-0.2, 0) is 21.4 Å². The van der Waals surface area contributed by atoms with Gasteiger partial charge in [-0.3, -0.25) is 14.5 Å². The lowest BCUT2D eigenvalue weighted by molar-refractivity contribution is -0.150. The number of carboxylic acids is 1. The molecule has 5 N–H and O–H groups in total. The Morgan fingerprint density at radius 1 is 1.47 bits per heavy atom. The maximum Gasteiger partial charge on any atom is 0.352 e. The number of nitrogens with zero attached hydrogens (tertiary/aromatic N) is 6. The first-order valence-electron chi connectivity index (χ1n) is 8.93. The highest BCUT2D eigenvalue weighted by Gasteiger charge is 2.54. The number of anilines is 1. The smallest absolute Gasteiger partial charge is 0.352 e. The van der Waals surface area contributed by atoms with Crippen LogP contribution in [0, 0.1) is 0 Å². The van der Waals surface area contributed by atoms with Crippen molar-refractivity contribution in [2.75, 3.05) is 17.2 Å². The van der Waals surface area contributed by atoms with Crippen molar-refractivity contribution in [3.8, 4) is 0 Å².